The number of hydrogen-bond donors (Lipinski definition) is 2. The van der Waals surface area contributed by atoms with Crippen molar-refractivity contribution in [2.45, 2.75) is 50.5 Å². The van der Waals surface area contributed by atoms with Gasteiger partial charge in [0.15, 0.2) is 0 Å². The summed E-state index contributed by atoms with van der Waals surface area (Å²) in [7, 11) is -3.54. The van der Waals surface area contributed by atoms with Gasteiger partial charge >= 0.3 is 0 Å². The first kappa shape index (κ1) is 16.1. The molecular formula is C14H23NO3S. The highest BCUT2D eigenvalue weighted by Crippen LogP contribution is 2.19. The zero-order valence-corrected chi connectivity index (χ0v) is 12.6. The molecule has 0 spiro atoms. The molecule has 0 radical (unpaired) electrons. The van der Waals surface area contributed by atoms with E-state index in [-0.39, 0.29) is 11.5 Å². The molecule has 0 saturated heterocycles. The van der Waals surface area contributed by atoms with E-state index in [1.165, 1.54) is 0 Å². The van der Waals surface area contributed by atoms with E-state index in [0.717, 1.165) is 12.0 Å². The van der Waals surface area contributed by atoms with Crippen LogP contribution in [0.25, 0.3) is 0 Å². The molecule has 1 atom stereocenters. The maximum Gasteiger partial charge on any atom is 0.241 e. The monoisotopic (exact) mass is 285 g/mol. The molecule has 0 bridgehead atoms. The molecule has 0 heterocycles. The third-order valence-electron chi connectivity index (χ3n) is 3.47. The van der Waals surface area contributed by atoms with Gasteiger partial charge in [-0.15, -0.1) is 0 Å². The van der Waals surface area contributed by atoms with E-state index in [4.69, 9.17) is 5.11 Å². The maximum absolute atomic E-state index is 12.3. The van der Waals surface area contributed by atoms with Crippen LogP contribution in [0, 0.1) is 0 Å². The minimum absolute atomic E-state index is 0.0400. The van der Waals surface area contributed by atoms with Gasteiger partial charge in [-0.3, -0.25) is 0 Å². The topological polar surface area (TPSA) is 66.4 Å². The molecule has 1 unspecified atom stereocenters. The Hall–Kier alpha value is -0.910. The summed E-state index contributed by atoms with van der Waals surface area (Å²) in [6, 6.07) is 6.89. The average molecular weight is 285 g/mol. The third kappa shape index (κ3) is 4.30. The van der Waals surface area contributed by atoms with Crippen LogP contribution >= 0.6 is 0 Å². The summed E-state index contributed by atoms with van der Waals surface area (Å²) in [5.41, 5.74) is 0.490. The molecule has 1 aromatic rings. The Balaban J connectivity index is 2.96. The van der Waals surface area contributed by atoms with Gasteiger partial charge in [-0.05, 0) is 43.9 Å². The van der Waals surface area contributed by atoms with Gasteiger partial charge in [0.05, 0.1) is 4.90 Å². The number of aliphatic hydroxyl groups is 1. The zero-order chi connectivity index (χ0) is 14.5. The smallest absolute Gasteiger partial charge is 0.241 e. The number of aliphatic hydroxyl groups excluding tert-OH is 1. The minimum Gasteiger partial charge on any atom is -0.396 e. The highest BCUT2D eigenvalue weighted by Gasteiger charge is 2.28. The van der Waals surface area contributed by atoms with E-state index >= 15 is 0 Å². The van der Waals surface area contributed by atoms with Gasteiger partial charge in [0.1, 0.15) is 0 Å². The van der Waals surface area contributed by atoms with Crippen LogP contribution in [0.2, 0.25) is 0 Å². The normalized spacial score (nSPS) is 15.2. The van der Waals surface area contributed by atoms with Crippen molar-refractivity contribution < 1.29 is 13.5 Å². The number of nitrogens with one attached hydrogen (secondary N) is 1. The summed E-state index contributed by atoms with van der Waals surface area (Å²) in [6.45, 7) is 5.69. The number of aryl methyl sites for hydroxylation is 1. The Kier molecular flexibility index (Phi) is 5.52. The van der Waals surface area contributed by atoms with Crippen LogP contribution in [0.1, 0.15) is 39.2 Å². The van der Waals surface area contributed by atoms with Crippen molar-refractivity contribution in [3.8, 4) is 0 Å². The Labute approximate surface area is 115 Å². The van der Waals surface area contributed by atoms with Crippen LogP contribution in [-0.4, -0.2) is 25.7 Å². The molecule has 0 aliphatic carbocycles. The van der Waals surface area contributed by atoms with Gasteiger partial charge in [0, 0.05) is 12.1 Å². The van der Waals surface area contributed by atoms with Gasteiger partial charge in [0.25, 0.3) is 0 Å². The van der Waals surface area contributed by atoms with Crippen molar-refractivity contribution in [3.05, 3.63) is 29.8 Å². The average Bonchev–Trinajstić information content (AvgIpc) is 2.38. The second kappa shape index (κ2) is 6.50. The second-order valence-electron chi connectivity index (χ2n) is 4.99. The number of benzene rings is 1. The Morgan fingerprint density at radius 2 is 1.79 bits per heavy atom. The SMILES string of the molecule is CCc1ccc(S(=O)(=O)NC(C)(CC)CCO)cc1. The Morgan fingerprint density at radius 3 is 2.21 bits per heavy atom. The first-order chi connectivity index (χ1) is 8.87. The Bertz CT molecular complexity index is 496. The molecule has 0 aromatic heterocycles. The van der Waals surface area contributed by atoms with Crippen molar-refractivity contribution in [3.63, 3.8) is 0 Å². The first-order valence-electron chi connectivity index (χ1n) is 6.60. The van der Waals surface area contributed by atoms with Crippen molar-refractivity contribution in [1.29, 1.82) is 0 Å². The summed E-state index contributed by atoms with van der Waals surface area (Å²) in [5, 5.41) is 9.03. The summed E-state index contributed by atoms with van der Waals surface area (Å²) in [4.78, 5) is 0.266. The minimum atomic E-state index is -3.54. The molecule has 0 fully saturated rings. The fourth-order valence-electron chi connectivity index (χ4n) is 1.83. The molecule has 108 valence electrons. The van der Waals surface area contributed by atoms with E-state index in [2.05, 4.69) is 4.72 Å². The molecule has 0 aliphatic heterocycles. The van der Waals surface area contributed by atoms with E-state index in [9.17, 15) is 8.42 Å². The fourth-order valence-corrected chi connectivity index (χ4v) is 3.34. The highest BCUT2D eigenvalue weighted by atomic mass is 32.2. The lowest BCUT2D eigenvalue weighted by molar-refractivity contribution is 0.233. The first-order valence-corrected chi connectivity index (χ1v) is 8.09. The van der Waals surface area contributed by atoms with E-state index in [1.807, 2.05) is 26.0 Å². The molecule has 1 rings (SSSR count). The highest BCUT2D eigenvalue weighted by molar-refractivity contribution is 7.89. The van der Waals surface area contributed by atoms with E-state index in [1.54, 1.807) is 19.1 Å². The number of hydrogen-bond acceptors (Lipinski definition) is 3. The Morgan fingerprint density at radius 1 is 1.21 bits per heavy atom. The van der Waals surface area contributed by atoms with Gasteiger partial charge < -0.3 is 5.11 Å². The number of sulfonamides is 1. The summed E-state index contributed by atoms with van der Waals surface area (Å²) >= 11 is 0. The van der Waals surface area contributed by atoms with Gasteiger partial charge in [-0.25, -0.2) is 13.1 Å². The second-order valence-corrected chi connectivity index (χ2v) is 6.67. The zero-order valence-electron chi connectivity index (χ0n) is 11.8. The van der Waals surface area contributed by atoms with E-state index in [0.29, 0.717) is 12.8 Å². The van der Waals surface area contributed by atoms with Crippen molar-refractivity contribution in [2.75, 3.05) is 6.61 Å². The molecule has 1 aromatic carbocycles. The van der Waals surface area contributed by atoms with E-state index < -0.39 is 15.6 Å². The molecule has 0 saturated carbocycles. The largest absolute Gasteiger partial charge is 0.396 e. The summed E-state index contributed by atoms with van der Waals surface area (Å²) in [5.74, 6) is 0. The summed E-state index contributed by atoms with van der Waals surface area (Å²) < 4.78 is 27.3. The fraction of sp³-hybridized carbons (Fsp3) is 0.571. The lowest BCUT2D eigenvalue weighted by Gasteiger charge is -2.28. The van der Waals surface area contributed by atoms with Crippen LogP contribution in [0.5, 0.6) is 0 Å². The molecule has 5 heteroatoms. The van der Waals surface area contributed by atoms with Crippen molar-refractivity contribution >= 4 is 10.0 Å². The van der Waals surface area contributed by atoms with Crippen molar-refractivity contribution in [1.82, 2.24) is 4.72 Å². The maximum atomic E-state index is 12.3. The lowest BCUT2D eigenvalue weighted by Crippen LogP contribution is -2.46. The lowest BCUT2D eigenvalue weighted by atomic mass is 9.97. The van der Waals surface area contributed by atoms with Crippen LogP contribution in [-0.2, 0) is 16.4 Å². The molecule has 2 N–H and O–H groups in total. The standard InChI is InChI=1S/C14H23NO3S/c1-4-12-6-8-13(9-7-12)19(17,18)15-14(3,5-2)10-11-16/h6-9,15-16H,4-5,10-11H2,1-3H3. The van der Waals surface area contributed by atoms with Gasteiger partial charge in [-0.1, -0.05) is 26.0 Å². The van der Waals surface area contributed by atoms with Crippen LogP contribution in [0.3, 0.4) is 0 Å². The predicted octanol–water partition coefficient (Wildman–Crippen LogP) is 2.08. The molecule has 0 aliphatic rings. The molecule has 4 nitrogen and oxygen atoms in total. The summed E-state index contributed by atoms with van der Waals surface area (Å²) in [6.07, 6.45) is 1.90. The van der Waals surface area contributed by atoms with Crippen LogP contribution in [0.15, 0.2) is 29.2 Å². The predicted molar refractivity (Wildman–Crippen MR) is 76.5 cm³/mol. The third-order valence-corrected chi connectivity index (χ3v) is 5.12. The molecular weight excluding hydrogens is 262 g/mol. The van der Waals surface area contributed by atoms with Gasteiger partial charge in [-0.2, -0.15) is 0 Å². The van der Waals surface area contributed by atoms with Crippen LogP contribution in [0.4, 0.5) is 0 Å². The van der Waals surface area contributed by atoms with Crippen molar-refractivity contribution in [2.24, 2.45) is 0 Å². The van der Waals surface area contributed by atoms with Crippen LogP contribution < -0.4 is 4.72 Å². The quantitative estimate of drug-likeness (QED) is 0.806. The molecule has 19 heavy (non-hydrogen) atoms. The molecule has 0 amide bonds. The van der Waals surface area contributed by atoms with Gasteiger partial charge in [0.2, 0.25) is 10.0 Å². The number of rotatable bonds is 7.